The zero-order valence-corrected chi connectivity index (χ0v) is 14.3. The molecule has 0 bridgehead atoms. The van der Waals surface area contributed by atoms with Crippen LogP contribution in [0.3, 0.4) is 0 Å². The number of aromatic nitrogens is 1. The van der Waals surface area contributed by atoms with Crippen molar-refractivity contribution in [2.45, 2.75) is 25.0 Å². The van der Waals surface area contributed by atoms with E-state index >= 15 is 0 Å². The molecule has 0 radical (unpaired) electrons. The van der Waals surface area contributed by atoms with Gasteiger partial charge in [-0.3, -0.25) is 4.79 Å². The summed E-state index contributed by atoms with van der Waals surface area (Å²) in [5.41, 5.74) is 3.88. The summed E-state index contributed by atoms with van der Waals surface area (Å²) in [6, 6.07) is 12.1. The molecule has 3 heterocycles. The fourth-order valence-corrected chi connectivity index (χ4v) is 3.67. The number of cyclic esters (lactones) is 1. The number of carbonyl (C=O) groups is 1. The Balaban J connectivity index is 1.73. The number of esters is 1. The van der Waals surface area contributed by atoms with Gasteiger partial charge in [0.15, 0.2) is 0 Å². The standard InChI is InChI=1S/C20H17NO3S/c22-16-10-17(24-19(23)11-16)6-5-14-9-13-3-1-2-4-18(13)21-20(14)15-7-8-25-12-15/h1-9,12,16-17,22H,10-11H2/b6-5+/t16-,17-/m1/s1. The van der Waals surface area contributed by atoms with Crippen molar-refractivity contribution in [2.75, 3.05) is 0 Å². The minimum absolute atomic E-state index is 0.0715. The number of aliphatic hydroxyl groups is 1. The van der Waals surface area contributed by atoms with Crippen molar-refractivity contribution in [3.63, 3.8) is 0 Å². The van der Waals surface area contributed by atoms with Gasteiger partial charge < -0.3 is 9.84 Å². The van der Waals surface area contributed by atoms with Crippen molar-refractivity contribution in [1.82, 2.24) is 4.98 Å². The van der Waals surface area contributed by atoms with Crippen LogP contribution in [0.2, 0.25) is 0 Å². The molecule has 25 heavy (non-hydrogen) atoms. The van der Waals surface area contributed by atoms with Crippen molar-refractivity contribution in [3.8, 4) is 11.3 Å². The van der Waals surface area contributed by atoms with Crippen molar-refractivity contribution in [2.24, 2.45) is 0 Å². The van der Waals surface area contributed by atoms with Crippen LogP contribution >= 0.6 is 11.3 Å². The van der Waals surface area contributed by atoms with Gasteiger partial charge >= 0.3 is 5.97 Å². The van der Waals surface area contributed by atoms with Crippen molar-refractivity contribution in [1.29, 1.82) is 0 Å². The number of fused-ring (bicyclic) bond motifs is 1. The SMILES string of the molecule is O=C1C[C@H](O)C[C@@H](/C=C/c2cc3ccccc3nc2-c2ccsc2)O1. The molecule has 0 unspecified atom stereocenters. The van der Waals surface area contributed by atoms with Gasteiger partial charge in [0.25, 0.3) is 0 Å². The summed E-state index contributed by atoms with van der Waals surface area (Å²) in [7, 11) is 0. The lowest BCUT2D eigenvalue weighted by atomic mass is 10.0. The highest BCUT2D eigenvalue weighted by atomic mass is 32.1. The summed E-state index contributed by atoms with van der Waals surface area (Å²) >= 11 is 1.63. The number of aliphatic hydroxyl groups excluding tert-OH is 1. The molecule has 0 amide bonds. The molecular formula is C20H17NO3S. The summed E-state index contributed by atoms with van der Waals surface area (Å²) in [6.07, 6.45) is 3.23. The number of rotatable bonds is 3. The quantitative estimate of drug-likeness (QED) is 0.724. The summed E-state index contributed by atoms with van der Waals surface area (Å²) < 4.78 is 5.29. The van der Waals surface area contributed by atoms with E-state index in [4.69, 9.17) is 9.72 Å². The van der Waals surface area contributed by atoms with Crippen molar-refractivity contribution < 1.29 is 14.6 Å². The molecule has 4 nitrogen and oxygen atoms in total. The van der Waals surface area contributed by atoms with E-state index < -0.39 is 12.2 Å². The highest BCUT2D eigenvalue weighted by molar-refractivity contribution is 7.08. The highest BCUT2D eigenvalue weighted by Crippen LogP contribution is 2.29. The second-order valence-electron chi connectivity index (χ2n) is 6.11. The lowest BCUT2D eigenvalue weighted by molar-refractivity contribution is -0.156. The molecule has 1 aromatic carbocycles. The van der Waals surface area contributed by atoms with Gasteiger partial charge in [0, 0.05) is 28.3 Å². The summed E-state index contributed by atoms with van der Waals surface area (Å²) in [5.74, 6) is -0.358. The van der Waals surface area contributed by atoms with Crippen LogP contribution in [-0.4, -0.2) is 28.3 Å². The summed E-state index contributed by atoms with van der Waals surface area (Å²) in [4.78, 5) is 16.3. The van der Waals surface area contributed by atoms with E-state index in [-0.39, 0.29) is 12.4 Å². The predicted octanol–water partition coefficient (Wildman–Crippen LogP) is 4.04. The van der Waals surface area contributed by atoms with E-state index in [1.165, 1.54) is 0 Å². The largest absolute Gasteiger partial charge is 0.458 e. The first-order chi connectivity index (χ1) is 12.2. The van der Waals surface area contributed by atoms with E-state index in [2.05, 4.69) is 11.4 Å². The molecule has 2 aromatic heterocycles. The van der Waals surface area contributed by atoms with E-state index in [1.807, 2.05) is 47.9 Å². The molecule has 2 atom stereocenters. The monoisotopic (exact) mass is 351 g/mol. The van der Waals surface area contributed by atoms with Gasteiger partial charge in [-0.15, -0.1) is 0 Å². The molecule has 1 N–H and O–H groups in total. The second-order valence-corrected chi connectivity index (χ2v) is 6.89. The number of nitrogens with zero attached hydrogens (tertiary/aromatic N) is 1. The number of thiophene rings is 1. The number of hydrogen-bond acceptors (Lipinski definition) is 5. The zero-order chi connectivity index (χ0) is 17.2. The molecule has 126 valence electrons. The van der Waals surface area contributed by atoms with Gasteiger partial charge in [-0.2, -0.15) is 11.3 Å². The number of carbonyl (C=O) groups excluding carboxylic acids is 1. The number of ether oxygens (including phenoxy) is 1. The molecule has 3 aromatic rings. The average molecular weight is 351 g/mol. The topological polar surface area (TPSA) is 59.4 Å². The van der Waals surface area contributed by atoms with Gasteiger partial charge in [-0.1, -0.05) is 24.3 Å². The van der Waals surface area contributed by atoms with E-state index in [0.717, 1.165) is 27.7 Å². The van der Waals surface area contributed by atoms with Gasteiger partial charge in [-0.25, -0.2) is 4.98 Å². The minimum atomic E-state index is -0.637. The highest BCUT2D eigenvalue weighted by Gasteiger charge is 2.25. The first kappa shape index (κ1) is 16.0. The molecule has 0 saturated carbocycles. The van der Waals surface area contributed by atoms with Crippen molar-refractivity contribution in [3.05, 3.63) is 58.8 Å². The smallest absolute Gasteiger partial charge is 0.309 e. The van der Waals surface area contributed by atoms with Gasteiger partial charge in [0.05, 0.1) is 23.7 Å². The third kappa shape index (κ3) is 3.48. The van der Waals surface area contributed by atoms with Crippen LogP contribution in [0.25, 0.3) is 28.2 Å². The van der Waals surface area contributed by atoms with Gasteiger partial charge in [0.2, 0.25) is 0 Å². The third-order valence-corrected chi connectivity index (χ3v) is 4.91. The minimum Gasteiger partial charge on any atom is -0.458 e. The molecule has 0 spiro atoms. The van der Waals surface area contributed by atoms with Crippen LogP contribution in [0.5, 0.6) is 0 Å². The fraction of sp³-hybridized carbons (Fsp3) is 0.200. The molecule has 0 aliphatic carbocycles. The Morgan fingerprint density at radius 1 is 1.28 bits per heavy atom. The van der Waals surface area contributed by atoms with Crippen LogP contribution in [0.15, 0.2) is 53.2 Å². The summed E-state index contributed by atoms with van der Waals surface area (Å²) in [5, 5.41) is 14.9. The van der Waals surface area contributed by atoms with Crippen LogP contribution in [-0.2, 0) is 9.53 Å². The Bertz CT molecular complexity index is 933. The molecule has 5 heteroatoms. The average Bonchev–Trinajstić information content (AvgIpc) is 3.13. The number of pyridine rings is 1. The first-order valence-electron chi connectivity index (χ1n) is 8.17. The lowest BCUT2D eigenvalue weighted by Crippen LogP contribution is -2.31. The predicted molar refractivity (Wildman–Crippen MR) is 99.2 cm³/mol. The van der Waals surface area contributed by atoms with Crippen LogP contribution in [0.1, 0.15) is 18.4 Å². The lowest BCUT2D eigenvalue weighted by Gasteiger charge is -2.23. The second kappa shape index (κ2) is 6.78. The summed E-state index contributed by atoms with van der Waals surface area (Å²) in [6.45, 7) is 0. The Labute approximate surface area is 149 Å². The maximum Gasteiger partial charge on any atom is 0.309 e. The van der Waals surface area contributed by atoms with E-state index in [0.29, 0.717) is 6.42 Å². The molecular weight excluding hydrogens is 334 g/mol. The zero-order valence-electron chi connectivity index (χ0n) is 13.5. The Morgan fingerprint density at radius 2 is 2.16 bits per heavy atom. The van der Waals surface area contributed by atoms with E-state index in [9.17, 15) is 9.90 Å². The molecule has 1 fully saturated rings. The van der Waals surface area contributed by atoms with E-state index in [1.54, 1.807) is 11.3 Å². The van der Waals surface area contributed by atoms with Gasteiger partial charge in [-0.05, 0) is 29.7 Å². The van der Waals surface area contributed by atoms with Crippen LogP contribution in [0, 0.1) is 0 Å². The Kier molecular flexibility index (Phi) is 4.34. The molecule has 1 aliphatic rings. The van der Waals surface area contributed by atoms with Gasteiger partial charge in [0.1, 0.15) is 6.10 Å². The van der Waals surface area contributed by atoms with Crippen LogP contribution < -0.4 is 0 Å². The number of benzene rings is 1. The Hall–Kier alpha value is -2.50. The molecule has 4 rings (SSSR count). The third-order valence-electron chi connectivity index (χ3n) is 4.23. The Morgan fingerprint density at radius 3 is 2.96 bits per heavy atom. The fourth-order valence-electron chi connectivity index (χ4n) is 3.03. The van der Waals surface area contributed by atoms with Crippen molar-refractivity contribution >= 4 is 34.3 Å². The maximum atomic E-state index is 11.5. The molecule has 1 aliphatic heterocycles. The van der Waals surface area contributed by atoms with Crippen LogP contribution in [0.4, 0.5) is 0 Å². The first-order valence-corrected chi connectivity index (χ1v) is 9.11. The number of para-hydroxylation sites is 1. The normalized spacial score (nSPS) is 20.9. The number of hydrogen-bond donors (Lipinski definition) is 1. The molecule has 1 saturated heterocycles. The maximum absolute atomic E-state index is 11.5.